The molecule has 0 saturated heterocycles. The maximum atomic E-state index is 12.3. The lowest BCUT2D eigenvalue weighted by Gasteiger charge is -2.07. The first-order chi connectivity index (χ1) is 14.5. The van der Waals surface area contributed by atoms with Crippen molar-refractivity contribution in [3.05, 3.63) is 103 Å². The van der Waals surface area contributed by atoms with Crippen LogP contribution in [0.4, 0.5) is 0 Å². The van der Waals surface area contributed by atoms with Crippen LogP contribution in [0.15, 0.2) is 81.9 Å². The fraction of sp³-hybridized carbons (Fsp3) is 0.0833. The fourth-order valence-corrected chi connectivity index (χ4v) is 3.70. The maximum absolute atomic E-state index is 12.3. The van der Waals surface area contributed by atoms with Crippen LogP contribution in [0.1, 0.15) is 22.3 Å². The Morgan fingerprint density at radius 2 is 1.93 bits per heavy atom. The van der Waals surface area contributed by atoms with Gasteiger partial charge in [-0.25, -0.2) is 9.79 Å². The van der Waals surface area contributed by atoms with Crippen LogP contribution in [0.3, 0.4) is 0 Å². The number of cyclic esters (lactones) is 1. The normalized spacial score (nSPS) is 14.6. The molecular formula is C24H17BrINO3. The summed E-state index contributed by atoms with van der Waals surface area (Å²) in [6, 6.07) is 21.5. The summed E-state index contributed by atoms with van der Waals surface area (Å²) in [5.41, 5.74) is 4.13. The second kappa shape index (κ2) is 9.14. The van der Waals surface area contributed by atoms with Crippen molar-refractivity contribution in [3.8, 4) is 5.75 Å². The highest BCUT2D eigenvalue weighted by atomic mass is 127. The molecule has 0 aliphatic carbocycles. The van der Waals surface area contributed by atoms with Gasteiger partial charge in [-0.3, -0.25) is 0 Å². The summed E-state index contributed by atoms with van der Waals surface area (Å²) < 4.78 is 13.3. The molecule has 3 aromatic carbocycles. The summed E-state index contributed by atoms with van der Waals surface area (Å²) >= 11 is 5.71. The van der Waals surface area contributed by atoms with Crippen LogP contribution in [-0.2, 0) is 16.1 Å². The molecule has 0 radical (unpaired) electrons. The van der Waals surface area contributed by atoms with Crippen LogP contribution in [0.5, 0.6) is 5.75 Å². The van der Waals surface area contributed by atoms with Crippen molar-refractivity contribution in [2.45, 2.75) is 13.5 Å². The van der Waals surface area contributed by atoms with Crippen LogP contribution in [-0.4, -0.2) is 11.9 Å². The molecule has 6 heteroatoms. The third-order valence-corrected chi connectivity index (χ3v) is 6.77. The standard InChI is InChI=1S/C24H17BrINO3/c1-15-4-2-6-17(10-15)14-29-19-7-3-5-16(11-19)12-22-24(28)30-23(27-22)18-8-9-21(26)20(25)13-18/h2-13H,14H2,1H3/b22-12-. The quantitative estimate of drug-likeness (QED) is 0.205. The van der Waals surface area contributed by atoms with Crippen molar-refractivity contribution < 1.29 is 14.3 Å². The lowest BCUT2D eigenvalue weighted by atomic mass is 10.1. The topological polar surface area (TPSA) is 47.9 Å². The lowest BCUT2D eigenvalue weighted by molar-refractivity contribution is -0.129. The minimum Gasteiger partial charge on any atom is -0.489 e. The van der Waals surface area contributed by atoms with Gasteiger partial charge in [0.15, 0.2) is 5.70 Å². The average Bonchev–Trinajstić information content (AvgIpc) is 3.09. The molecule has 1 aliphatic heterocycles. The highest BCUT2D eigenvalue weighted by Crippen LogP contribution is 2.25. The Hall–Kier alpha value is -2.45. The molecule has 4 rings (SSSR count). The summed E-state index contributed by atoms with van der Waals surface area (Å²) in [4.78, 5) is 16.7. The predicted molar refractivity (Wildman–Crippen MR) is 129 cm³/mol. The Morgan fingerprint density at radius 1 is 1.10 bits per heavy atom. The third-order valence-electron chi connectivity index (χ3n) is 4.44. The first kappa shape index (κ1) is 20.8. The van der Waals surface area contributed by atoms with E-state index >= 15 is 0 Å². The lowest BCUT2D eigenvalue weighted by Crippen LogP contribution is -2.05. The van der Waals surface area contributed by atoms with Crippen LogP contribution in [0.25, 0.3) is 6.08 Å². The molecule has 0 saturated carbocycles. The van der Waals surface area contributed by atoms with Gasteiger partial charge in [-0.05, 0) is 93.0 Å². The van der Waals surface area contributed by atoms with E-state index in [4.69, 9.17) is 9.47 Å². The number of hydrogen-bond acceptors (Lipinski definition) is 4. The van der Waals surface area contributed by atoms with Gasteiger partial charge in [0.05, 0.1) is 0 Å². The number of carbonyl (C=O) groups excluding carboxylic acids is 1. The highest BCUT2D eigenvalue weighted by Gasteiger charge is 2.24. The average molecular weight is 574 g/mol. The molecule has 0 bridgehead atoms. The van der Waals surface area contributed by atoms with Gasteiger partial charge in [-0.15, -0.1) is 0 Å². The fourth-order valence-electron chi connectivity index (χ4n) is 2.98. The highest BCUT2D eigenvalue weighted by molar-refractivity contribution is 14.1. The Bertz CT molecular complexity index is 1190. The molecule has 0 unspecified atom stereocenters. The second-order valence-corrected chi connectivity index (χ2v) is 8.83. The smallest absolute Gasteiger partial charge is 0.363 e. The third kappa shape index (κ3) is 4.99. The summed E-state index contributed by atoms with van der Waals surface area (Å²) in [7, 11) is 0. The van der Waals surface area contributed by atoms with Crippen LogP contribution in [0.2, 0.25) is 0 Å². The van der Waals surface area contributed by atoms with E-state index < -0.39 is 5.97 Å². The number of ether oxygens (including phenoxy) is 2. The minimum absolute atomic E-state index is 0.260. The number of esters is 1. The van der Waals surface area contributed by atoms with Gasteiger partial charge in [0, 0.05) is 13.6 Å². The van der Waals surface area contributed by atoms with Gasteiger partial charge in [-0.1, -0.05) is 42.0 Å². The van der Waals surface area contributed by atoms with Crippen molar-refractivity contribution in [1.29, 1.82) is 0 Å². The largest absolute Gasteiger partial charge is 0.489 e. The van der Waals surface area contributed by atoms with E-state index in [1.54, 1.807) is 6.08 Å². The van der Waals surface area contributed by atoms with Crippen molar-refractivity contribution in [2.24, 2.45) is 4.99 Å². The van der Waals surface area contributed by atoms with Gasteiger partial charge < -0.3 is 9.47 Å². The number of benzene rings is 3. The Kier molecular flexibility index (Phi) is 6.34. The molecule has 4 nitrogen and oxygen atoms in total. The van der Waals surface area contributed by atoms with E-state index in [-0.39, 0.29) is 5.70 Å². The molecule has 0 aromatic heterocycles. The molecule has 0 spiro atoms. The molecule has 3 aromatic rings. The molecule has 0 amide bonds. The summed E-state index contributed by atoms with van der Waals surface area (Å²) in [5, 5.41) is 0. The zero-order chi connectivity index (χ0) is 21.1. The molecule has 0 N–H and O–H groups in total. The van der Waals surface area contributed by atoms with Crippen LogP contribution >= 0.6 is 38.5 Å². The SMILES string of the molecule is Cc1cccc(COc2cccc(/C=C3\N=C(c4ccc(I)c(Br)c4)OC3=O)c2)c1. The van der Waals surface area contributed by atoms with E-state index in [2.05, 4.69) is 62.6 Å². The van der Waals surface area contributed by atoms with Crippen molar-refractivity contribution in [3.63, 3.8) is 0 Å². The molecular weight excluding hydrogens is 557 g/mol. The number of rotatable bonds is 5. The number of carbonyl (C=O) groups is 1. The number of aliphatic imine (C=N–C) groups is 1. The van der Waals surface area contributed by atoms with E-state index in [9.17, 15) is 4.79 Å². The van der Waals surface area contributed by atoms with Gasteiger partial charge in [0.25, 0.3) is 0 Å². The molecule has 0 atom stereocenters. The Labute approximate surface area is 196 Å². The zero-order valence-corrected chi connectivity index (χ0v) is 19.8. The van der Waals surface area contributed by atoms with E-state index in [0.717, 1.165) is 30.5 Å². The predicted octanol–water partition coefficient (Wildman–Crippen LogP) is 6.29. The number of hydrogen-bond donors (Lipinski definition) is 0. The first-order valence-electron chi connectivity index (χ1n) is 9.24. The van der Waals surface area contributed by atoms with E-state index in [1.807, 2.05) is 54.6 Å². The Balaban J connectivity index is 1.52. The van der Waals surface area contributed by atoms with Crippen LogP contribution in [0, 0.1) is 10.5 Å². The van der Waals surface area contributed by atoms with E-state index in [1.165, 1.54) is 5.56 Å². The first-order valence-corrected chi connectivity index (χ1v) is 11.1. The molecule has 1 aliphatic rings. The van der Waals surface area contributed by atoms with Gasteiger partial charge in [0.2, 0.25) is 5.90 Å². The summed E-state index contributed by atoms with van der Waals surface area (Å²) in [6.45, 7) is 2.54. The molecule has 150 valence electrons. The molecule has 0 fully saturated rings. The summed E-state index contributed by atoms with van der Waals surface area (Å²) in [6.07, 6.45) is 1.70. The van der Waals surface area contributed by atoms with Gasteiger partial charge in [-0.2, -0.15) is 0 Å². The molecule has 1 heterocycles. The number of halogens is 2. The Morgan fingerprint density at radius 3 is 2.73 bits per heavy atom. The van der Waals surface area contributed by atoms with Crippen LogP contribution < -0.4 is 4.74 Å². The number of nitrogens with zero attached hydrogens (tertiary/aromatic N) is 1. The van der Waals surface area contributed by atoms with Crippen molar-refractivity contribution in [2.75, 3.05) is 0 Å². The second-order valence-electron chi connectivity index (χ2n) is 6.82. The number of aryl methyl sites for hydroxylation is 1. The van der Waals surface area contributed by atoms with Gasteiger partial charge >= 0.3 is 5.97 Å². The van der Waals surface area contributed by atoms with E-state index in [0.29, 0.717) is 12.5 Å². The summed E-state index contributed by atoms with van der Waals surface area (Å²) in [5.74, 6) is 0.559. The maximum Gasteiger partial charge on any atom is 0.363 e. The van der Waals surface area contributed by atoms with Crippen molar-refractivity contribution >= 4 is 56.5 Å². The monoisotopic (exact) mass is 573 g/mol. The van der Waals surface area contributed by atoms with Crippen molar-refractivity contribution in [1.82, 2.24) is 0 Å². The zero-order valence-electron chi connectivity index (χ0n) is 16.1. The van der Waals surface area contributed by atoms with Gasteiger partial charge in [0.1, 0.15) is 12.4 Å². The molecule has 30 heavy (non-hydrogen) atoms. The minimum atomic E-state index is -0.467.